The van der Waals surface area contributed by atoms with Crippen molar-refractivity contribution in [3.63, 3.8) is 0 Å². The lowest BCUT2D eigenvalue weighted by Gasteiger charge is -2.28. The highest BCUT2D eigenvalue weighted by molar-refractivity contribution is 5.98. The molecular weight excluding hydrogens is 404 g/mol. The Hall–Kier alpha value is -3.82. The number of fused-ring (bicyclic) bond motifs is 1. The Labute approximate surface area is 178 Å². The first kappa shape index (κ1) is 20.5. The largest absolute Gasteiger partial charge is 0.493 e. The lowest BCUT2D eigenvalue weighted by Crippen LogP contribution is -2.45. The highest BCUT2D eigenvalue weighted by atomic mass is 16.6. The summed E-state index contributed by atoms with van der Waals surface area (Å²) in [6, 6.07) is 8.38. The Morgan fingerprint density at radius 2 is 1.61 bits per heavy atom. The quantitative estimate of drug-likeness (QED) is 0.590. The number of hydrogen-bond acceptors (Lipinski definition) is 8. The summed E-state index contributed by atoms with van der Waals surface area (Å²) in [5, 5.41) is 10.5. The summed E-state index contributed by atoms with van der Waals surface area (Å²) >= 11 is 0. The van der Waals surface area contributed by atoms with Crippen molar-refractivity contribution in [3.05, 3.63) is 41.5 Å². The molecule has 0 unspecified atom stereocenters. The summed E-state index contributed by atoms with van der Waals surface area (Å²) in [6.45, 7) is 0.914. The molecular formula is C21H22N4O6. The van der Waals surface area contributed by atoms with Crippen LogP contribution in [0.25, 0.3) is 11.0 Å². The van der Waals surface area contributed by atoms with Crippen LogP contribution in [0.5, 0.6) is 17.2 Å². The van der Waals surface area contributed by atoms with Crippen molar-refractivity contribution in [1.29, 1.82) is 0 Å². The van der Waals surface area contributed by atoms with Gasteiger partial charge < -0.3 is 14.2 Å². The number of carbonyl (C=O) groups is 2. The van der Waals surface area contributed by atoms with Gasteiger partial charge in [0.25, 0.3) is 5.91 Å². The van der Waals surface area contributed by atoms with Gasteiger partial charge in [-0.1, -0.05) is 0 Å². The van der Waals surface area contributed by atoms with Gasteiger partial charge in [0, 0.05) is 18.7 Å². The zero-order chi connectivity index (χ0) is 22.0. The number of methoxy groups -OCH3 is 3. The van der Waals surface area contributed by atoms with Crippen molar-refractivity contribution >= 4 is 22.8 Å². The Morgan fingerprint density at radius 3 is 2.29 bits per heavy atom. The fourth-order valence-corrected chi connectivity index (χ4v) is 3.65. The van der Waals surface area contributed by atoms with Crippen LogP contribution in [0, 0.1) is 0 Å². The standard InChI is InChI=1S/C21H22N4O6/c1-28-17-9-13(10-18(29-2)20(17)30-3)11-19(26)24-7-4-8-25(24)21(27)14-5-6-15-16(12-14)23-31-22-15/h5-6,9-10,12H,4,7-8,11H2,1-3H3. The fourth-order valence-electron chi connectivity index (χ4n) is 3.65. The van der Waals surface area contributed by atoms with Crippen LogP contribution in [0.3, 0.4) is 0 Å². The second-order valence-electron chi connectivity index (χ2n) is 6.98. The van der Waals surface area contributed by atoms with Crippen molar-refractivity contribution in [2.45, 2.75) is 12.8 Å². The first-order chi connectivity index (χ1) is 15.0. The van der Waals surface area contributed by atoms with Crippen LogP contribution in [0.4, 0.5) is 0 Å². The van der Waals surface area contributed by atoms with Gasteiger partial charge in [0.05, 0.1) is 27.8 Å². The normalized spacial score (nSPS) is 13.5. The molecule has 0 radical (unpaired) electrons. The van der Waals surface area contributed by atoms with E-state index in [9.17, 15) is 9.59 Å². The van der Waals surface area contributed by atoms with E-state index in [1.54, 1.807) is 30.3 Å². The smallest absolute Gasteiger partial charge is 0.272 e. The van der Waals surface area contributed by atoms with E-state index in [1.807, 2.05) is 0 Å². The van der Waals surface area contributed by atoms with E-state index in [0.717, 1.165) is 0 Å². The number of ether oxygens (including phenoxy) is 3. The number of benzene rings is 2. The molecule has 10 heteroatoms. The van der Waals surface area contributed by atoms with Crippen molar-refractivity contribution in [2.24, 2.45) is 0 Å². The van der Waals surface area contributed by atoms with Crippen molar-refractivity contribution < 1.29 is 28.4 Å². The number of hydrazine groups is 1. The van der Waals surface area contributed by atoms with E-state index < -0.39 is 0 Å². The molecule has 0 saturated carbocycles. The van der Waals surface area contributed by atoms with E-state index in [0.29, 0.717) is 58.9 Å². The highest BCUT2D eigenvalue weighted by Gasteiger charge is 2.31. The van der Waals surface area contributed by atoms with Crippen molar-refractivity contribution in [2.75, 3.05) is 34.4 Å². The topological polar surface area (TPSA) is 107 Å². The maximum absolute atomic E-state index is 13.1. The van der Waals surface area contributed by atoms with Gasteiger partial charge in [0.1, 0.15) is 11.0 Å². The molecule has 1 aliphatic heterocycles. The van der Waals surface area contributed by atoms with Crippen LogP contribution >= 0.6 is 0 Å². The predicted octanol–water partition coefficient (Wildman–Crippen LogP) is 2.08. The monoisotopic (exact) mass is 426 g/mol. The molecule has 3 aromatic rings. The van der Waals surface area contributed by atoms with Crippen LogP contribution in [0.1, 0.15) is 22.3 Å². The molecule has 10 nitrogen and oxygen atoms in total. The second kappa shape index (κ2) is 8.50. The summed E-state index contributed by atoms with van der Waals surface area (Å²) < 4.78 is 20.7. The van der Waals surface area contributed by atoms with Gasteiger partial charge in [0.15, 0.2) is 11.5 Å². The average molecular weight is 426 g/mol. The molecule has 0 spiro atoms. The van der Waals surface area contributed by atoms with Crippen LogP contribution in [0.2, 0.25) is 0 Å². The lowest BCUT2D eigenvalue weighted by atomic mass is 10.1. The third-order valence-electron chi connectivity index (χ3n) is 5.13. The second-order valence-corrected chi connectivity index (χ2v) is 6.98. The van der Waals surface area contributed by atoms with Crippen LogP contribution < -0.4 is 14.2 Å². The van der Waals surface area contributed by atoms with E-state index in [1.165, 1.54) is 31.3 Å². The molecule has 1 saturated heterocycles. The molecule has 2 amide bonds. The Balaban J connectivity index is 1.54. The number of aromatic nitrogens is 2. The first-order valence-electron chi connectivity index (χ1n) is 9.69. The maximum Gasteiger partial charge on any atom is 0.272 e. The van der Waals surface area contributed by atoms with Gasteiger partial charge in [-0.05, 0) is 52.6 Å². The SMILES string of the molecule is COc1cc(CC(=O)N2CCCN2C(=O)c2ccc3nonc3c2)cc(OC)c1OC. The minimum absolute atomic E-state index is 0.0761. The molecule has 1 aliphatic rings. The van der Waals surface area contributed by atoms with Gasteiger partial charge >= 0.3 is 0 Å². The van der Waals surface area contributed by atoms with Crippen LogP contribution in [-0.2, 0) is 11.2 Å². The molecule has 0 bridgehead atoms. The van der Waals surface area contributed by atoms with Crippen molar-refractivity contribution in [3.8, 4) is 17.2 Å². The molecule has 2 heterocycles. The molecule has 2 aromatic carbocycles. The molecule has 162 valence electrons. The minimum Gasteiger partial charge on any atom is -0.493 e. The van der Waals surface area contributed by atoms with Crippen LogP contribution in [0.15, 0.2) is 35.0 Å². The number of rotatable bonds is 6. The van der Waals surface area contributed by atoms with E-state index >= 15 is 0 Å². The van der Waals surface area contributed by atoms with E-state index in [-0.39, 0.29) is 18.2 Å². The summed E-state index contributed by atoms with van der Waals surface area (Å²) in [6.07, 6.45) is 0.771. The Kier molecular flexibility index (Phi) is 5.61. The van der Waals surface area contributed by atoms with Gasteiger partial charge in [-0.15, -0.1) is 0 Å². The van der Waals surface area contributed by atoms with Crippen molar-refractivity contribution in [1.82, 2.24) is 20.3 Å². The average Bonchev–Trinajstić information content (AvgIpc) is 3.46. The summed E-state index contributed by atoms with van der Waals surface area (Å²) in [5.41, 5.74) is 2.15. The molecule has 0 N–H and O–H groups in total. The molecule has 0 atom stereocenters. The fraction of sp³-hybridized carbons (Fsp3) is 0.333. The van der Waals surface area contributed by atoms with Gasteiger partial charge in [-0.2, -0.15) is 0 Å². The number of nitrogens with zero attached hydrogens (tertiary/aromatic N) is 4. The van der Waals surface area contributed by atoms with Gasteiger partial charge in [0.2, 0.25) is 11.7 Å². The molecule has 31 heavy (non-hydrogen) atoms. The first-order valence-corrected chi connectivity index (χ1v) is 9.69. The van der Waals surface area contributed by atoms with Gasteiger partial charge in [-0.3, -0.25) is 14.6 Å². The van der Waals surface area contributed by atoms with Crippen LogP contribution in [-0.4, -0.2) is 66.6 Å². The zero-order valence-electron chi connectivity index (χ0n) is 17.5. The number of carbonyl (C=O) groups excluding carboxylic acids is 2. The van der Waals surface area contributed by atoms with E-state index in [2.05, 4.69) is 14.9 Å². The third-order valence-corrected chi connectivity index (χ3v) is 5.13. The minimum atomic E-state index is -0.277. The summed E-state index contributed by atoms with van der Waals surface area (Å²) in [4.78, 5) is 26.1. The summed E-state index contributed by atoms with van der Waals surface area (Å²) in [5.74, 6) is 0.906. The third kappa shape index (κ3) is 3.83. The lowest BCUT2D eigenvalue weighted by molar-refractivity contribution is -0.139. The van der Waals surface area contributed by atoms with Gasteiger partial charge in [-0.25, -0.2) is 9.64 Å². The molecule has 1 fully saturated rings. The number of hydrogen-bond donors (Lipinski definition) is 0. The predicted molar refractivity (Wildman–Crippen MR) is 109 cm³/mol. The molecule has 1 aromatic heterocycles. The zero-order valence-corrected chi connectivity index (χ0v) is 17.5. The summed E-state index contributed by atoms with van der Waals surface area (Å²) in [7, 11) is 4.56. The Bertz CT molecular complexity index is 1100. The Morgan fingerprint density at radius 1 is 0.935 bits per heavy atom. The maximum atomic E-state index is 13.1. The highest BCUT2D eigenvalue weighted by Crippen LogP contribution is 2.38. The number of amides is 2. The van der Waals surface area contributed by atoms with E-state index in [4.69, 9.17) is 14.2 Å². The molecule has 4 rings (SSSR count). The molecule has 0 aliphatic carbocycles.